The number of amides is 1. The molecule has 0 saturated carbocycles. The molecule has 2 saturated heterocycles. The van der Waals surface area contributed by atoms with Gasteiger partial charge in [0.1, 0.15) is 5.60 Å². The third kappa shape index (κ3) is 3.14. The van der Waals surface area contributed by atoms with Gasteiger partial charge in [0.2, 0.25) is 5.88 Å². The summed E-state index contributed by atoms with van der Waals surface area (Å²) >= 11 is 0. The van der Waals surface area contributed by atoms with E-state index in [1.54, 1.807) is 29.4 Å². The van der Waals surface area contributed by atoms with E-state index in [0.717, 1.165) is 12.8 Å². The molecule has 0 unspecified atom stereocenters. The van der Waals surface area contributed by atoms with Crippen LogP contribution >= 0.6 is 0 Å². The van der Waals surface area contributed by atoms with E-state index >= 15 is 0 Å². The number of likely N-dealkylation sites (tertiary alicyclic amines) is 1. The van der Waals surface area contributed by atoms with E-state index in [0.29, 0.717) is 31.9 Å². The van der Waals surface area contributed by atoms with Crippen LogP contribution in [0.15, 0.2) is 42.9 Å². The minimum atomic E-state index is -0.456. The first kappa shape index (κ1) is 16.9. The van der Waals surface area contributed by atoms with Gasteiger partial charge in [-0.1, -0.05) is 0 Å². The number of carbonyl (C=O) groups excluding carboxylic acids is 1. The average Bonchev–Trinajstić information content (AvgIpc) is 3.06. The first-order valence-corrected chi connectivity index (χ1v) is 8.74. The third-order valence-electron chi connectivity index (χ3n) is 5.16. The van der Waals surface area contributed by atoms with Crippen molar-refractivity contribution in [1.29, 1.82) is 0 Å². The fraction of sp³-hybridized carbons (Fsp3) is 0.421. The summed E-state index contributed by atoms with van der Waals surface area (Å²) in [6, 6.07) is 6.30. The molecule has 0 radical (unpaired) electrons. The predicted molar refractivity (Wildman–Crippen MR) is 91.2 cm³/mol. The predicted octanol–water partition coefficient (Wildman–Crippen LogP) is 2.32. The molecule has 2 aliphatic rings. The van der Waals surface area contributed by atoms with Gasteiger partial charge in [0.15, 0.2) is 5.82 Å². The number of hydrogen-bond donors (Lipinski definition) is 0. The summed E-state index contributed by atoms with van der Waals surface area (Å²) in [6.07, 6.45) is 6.41. The van der Waals surface area contributed by atoms with Gasteiger partial charge in [-0.05, 0) is 43.0 Å². The van der Waals surface area contributed by atoms with Gasteiger partial charge in [-0.15, -0.1) is 0 Å². The van der Waals surface area contributed by atoms with Crippen molar-refractivity contribution in [2.75, 3.05) is 26.3 Å². The highest BCUT2D eigenvalue weighted by Crippen LogP contribution is 2.42. The number of rotatable bonds is 5. The molecule has 4 heterocycles. The molecule has 0 N–H and O–H groups in total. The van der Waals surface area contributed by atoms with Crippen LogP contribution in [0.2, 0.25) is 0 Å². The zero-order valence-electron chi connectivity index (χ0n) is 14.3. The van der Waals surface area contributed by atoms with Crippen LogP contribution in [-0.4, -0.2) is 52.7 Å². The summed E-state index contributed by atoms with van der Waals surface area (Å²) in [5, 5.41) is 0. The molecule has 2 fully saturated rings. The van der Waals surface area contributed by atoms with Crippen LogP contribution in [0.5, 0.6) is 5.88 Å². The minimum absolute atomic E-state index is 0.000850. The standard InChI is InChI=1S/C19H20FN3O3/c20-16-2-1-7-22-17(16)25-10-5-15-6-11-26-19(15)12-23(13-19)18(24)14-3-8-21-9-4-14/h1-4,7-9,15H,5-6,10-13H2/t15-/m0/s1. The van der Waals surface area contributed by atoms with Crippen LogP contribution in [0, 0.1) is 11.7 Å². The average molecular weight is 357 g/mol. The van der Waals surface area contributed by atoms with Gasteiger partial charge >= 0.3 is 0 Å². The Balaban J connectivity index is 1.32. The molecule has 4 rings (SSSR count). The molecule has 2 aromatic rings. The second-order valence-electron chi connectivity index (χ2n) is 6.72. The maximum atomic E-state index is 13.6. The second-order valence-corrected chi connectivity index (χ2v) is 6.72. The number of ether oxygens (including phenoxy) is 2. The normalized spacial score (nSPS) is 20.8. The lowest BCUT2D eigenvalue weighted by molar-refractivity contribution is -0.119. The molecule has 1 spiro atoms. The highest BCUT2D eigenvalue weighted by atomic mass is 19.1. The van der Waals surface area contributed by atoms with Crippen molar-refractivity contribution in [2.45, 2.75) is 18.4 Å². The van der Waals surface area contributed by atoms with Crippen molar-refractivity contribution in [3.05, 3.63) is 54.2 Å². The number of pyridine rings is 2. The van der Waals surface area contributed by atoms with E-state index in [1.165, 1.54) is 18.3 Å². The molecule has 2 aliphatic heterocycles. The molecule has 1 amide bonds. The third-order valence-corrected chi connectivity index (χ3v) is 5.16. The number of hydrogen-bond acceptors (Lipinski definition) is 5. The molecule has 26 heavy (non-hydrogen) atoms. The Kier molecular flexibility index (Phi) is 4.55. The first-order chi connectivity index (χ1) is 12.7. The van der Waals surface area contributed by atoms with E-state index < -0.39 is 5.82 Å². The molecule has 1 atom stereocenters. The van der Waals surface area contributed by atoms with Gasteiger partial charge in [0.05, 0.1) is 19.7 Å². The Hall–Kier alpha value is -2.54. The lowest BCUT2D eigenvalue weighted by Crippen LogP contribution is -2.66. The molecule has 7 heteroatoms. The molecule has 136 valence electrons. The quantitative estimate of drug-likeness (QED) is 0.822. The summed E-state index contributed by atoms with van der Waals surface area (Å²) in [5.74, 6) is -0.138. The summed E-state index contributed by atoms with van der Waals surface area (Å²) in [5.41, 5.74) is 0.340. The zero-order valence-corrected chi connectivity index (χ0v) is 14.3. The van der Waals surface area contributed by atoms with Crippen LogP contribution in [0.4, 0.5) is 4.39 Å². The topological polar surface area (TPSA) is 64.6 Å². The van der Waals surface area contributed by atoms with Gasteiger partial charge in [0, 0.05) is 30.8 Å². The van der Waals surface area contributed by atoms with Crippen molar-refractivity contribution in [2.24, 2.45) is 5.92 Å². The number of aromatic nitrogens is 2. The number of carbonyl (C=O) groups is 1. The van der Waals surface area contributed by atoms with Crippen LogP contribution in [0.1, 0.15) is 23.2 Å². The fourth-order valence-corrected chi connectivity index (χ4v) is 3.74. The van der Waals surface area contributed by atoms with Crippen molar-refractivity contribution < 1.29 is 18.7 Å². The maximum Gasteiger partial charge on any atom is 0.254 e. The fourth-order valence-electron chi connectivity index (χ4n) is 3.74. The van der Waals surface area contributed by atoms with E-state index in [1.807, 2.05) is 0 Å². The molecular formula is C19H20FN3O3. The first-order valence-electron chi connectivity index (χ1n) is 8.74. The van der Waals surface area contributed by atoms with Gasteiger partial charge < -0.3 is 14.4 Å². The van der Waals surface area contributed by atoms with Crippen molar-refractivity contribution in [3.63, 3.8) is 0 Å². The highest BCUT2D eigenvalue weighted by Gasteiger charge is 2.54. The molecular weight excluding hydrogens is 337 g/mol. The minimum Gasteiger partial charge on any atom is -0.476 e. The molecule has 2 aromatic heterocycles. The summed E-state index contributed by atoms with van der Waals surface area (Å²) in [6.45, 7) is 2.22. The zero-order chi connectivity index (χ0) is 18.0. The Morgan fingerprint density at radius 1 is 1.31 bits per heavy atom. The summed E-state index contributed by atoms with van der Waals surface area (Å²) < 4.78 is 25.0. The molecule has 0 aromatic carbocycles. The molecule has 0 aliphatic carbocycles. The van der Waals surface area contributed by atoms with Crippen LogP contribution in [0.3, 0.4) is 0 Å². The van der Waals surface area contributed by atoms with E-state index in [2.05, 4.69) is 9.97 Å². The monoisotopic (exact) mass is 357 g/mol. The van der Waals surface area contributed by atoms with Crippen molar-refractivity contribution >= 4 is 5.91 Å². The number of halogens is 1. The molecule has 6 nitrogen and oxygen atoms in total. The molecule has 0 bridgehead atoms. The van der Waals surface area contributed by atoms with E-state index in [-0.39, 0.29) is 23.3 Å². The smallest absolute Gasteiger partial charge is 0.254 e. The van der Waals surface area contributed by atoms with Gasteiger partial charge in [-0.3, -0.25) is 9.78 Å². The van der Waals surface area contributed by atoms with Gasteiger partial charge in [-0.25, -0.2) is 9.37 Å². The Labute approximate surface area is 151 Å². The van der Waals surface area contributed by atoms with Crippen LogP contribution < -0.4 is 4.74 Å². The van der Waals surface area contributed by atoms with Gasteiger partial charge in [0.25, 0.3) is 5.91 Å². The summed E-state index contributed by atoms with van der Waals surface area (Å²) in [4.78, 5) is 22.1. The lowest BCUT2D eigenvalue weighted by atomic mass is 9.79. The van der Waals surface area contributed by atoms with Crippen LogP contribution in [-0.2, 0) is 4.74 Å². The Morgan fingerprint density at radius 2 is 2.12 bits per heavy atom. The van der Waals surface area contributed by atoms with E-state index in [9.17, 15) is 9.18 Å². The SMILES string of the molecule is O=C(c1ccncc1)N1CC2(C1)OCC[C@@H]2CCOc1ncccc1F. The highest BCUT2D eigenvalue weighted by molar-refractivity contribution is 5.94. The largest absolute Gasteiger partial charge is 0.476 e. The van der Waals surface area contributed by atoms with Crippen molar-refractivity contribution in [1.82, 2.24) is 14.9 Å². The van der Waals surface area contributed by atoms with Crippen molar-refractivity contribution in [3.8, 4) is 5.88 Å². The van der Waals surface area contributed by atoms with Gasteiger partial charge in [-0.2, -0.15) is 0 Å². The van der Waals surface area contributed by atoms with Crippen LogP contribution in [0.25, 0.3) is 0 Å². The lowest BCUT2D eigenvalue weighted by Gasteiger charge is -2.50. The summed E-state index contributed by atoms with van der Waals surface area (Å²) in [7, 11) is 0. The Morgan fingerprint density at radius 3 is 2.88 bits per heavy atom. The number of nitrogens with zero attached hydrogens (tertiary/aromatic N) is 3. The maximum absolute atomic E-state index is 13.6. The second kappa shape index (κ2) is 6.99. The Bertz CT molecular complexity index is 781. The van der Waals surface area contributed by atoms with E-state index in [4.69, 9.17) is 9.47 Å².